The largest absolute Gasteiger partial charge is 0.394 e. The minimum Gasteiger partial charge on any atom is -0.394 e. The molecule has 0 aliphatic rings. The van der Waals surface area contributed by atoms with Crippen molar-refractivity contribution in [3.05, 3.63) is 69.7 Å². The lowest BCUT2D eigenvalue weighted by molar-refractivity contribution is 0.0916. The monoisotopic (exact) mass is 323 g/mol. The molecule has 0 bridgehead atoms. The molecular formula is C16H15Cl2NO2. The van der Waals surface area contributed by atoms with E-state index in [4.69, 9.17) is 23.2 Å². The molecule has 110 valence electrons. The Morgan fingerprint density at radius 2 is 1.71 bits per heavy atom. The minimum absolute atomic E-state index is 0.144. The molecule has 0 fully saturated rings. The molecule has 2 rings (SSSR count). The molecule has 0 saturated heterocycles. The number of carbonyl (C=O) groups excluding carboxylic acids is 1. The van der Waals surface area contributed by atoms with Crippen molar-refractivity contribution in [2.75, 3.05) is 6.61 Å². The van der Waals surface area contributed by atoms with Gasteiger partial charge in [-0.15, -0.1) is 0 Å². The van der Waals surface area contributed by atoms with Crippen LogP contribution >= 0.6 is 23.2 Å². The van der Waals surface area contributed by atoms with Crippen LogP contribution in [0.5, 0.6) is 0 Å². The highest BCUT2D eigenvalue weighted by molar-refractivity contribution is 6.35. The summed E-state index contributed by atoms with van der Waals surface area (Å²) in [6, 6.07) is 13.9. The number of carbonyl (C=O) groups is 1. The first kappa shape index (κ1) is 15.8. The van der Waals surface area contributed by atoms with E-state index in [-0.39, 0.29) is 18.6 Å². The zero-order valence-corrected chi connectivity index (χ0v) is 12.7. The first-order chi connectivity index (χ1) is 10.1. The van der Waals surface area contributed by atoms with Crippen molar-refractivity contribution < 1.29 is 9.90 Å². The maximum absolute atomic E-state index is 12.2. The van der Waals surface area contributed by atoms with Crippen LogP contribution in [0.2, 0.25) is 10.0 Å². The van der Waals surface area contributed by atoms with Crippen LogP contribution in [0.1, 0.15) is 15.9 Å². The molecule has 0 aliphatic carbocycles. The van der Waals surface area contributed by atoms with Gasteiger partial charge in [-0.2, -0.15) is 0 Å². The summed E-state index contributed by atoms with van der Waals surface area (Å²) in [5.74, 6) is -0.311. The summed E-state index contributed by atoms with van der Waals surface area (Å²) < 4.78 is 0. The lowest BCUT2D eigenvalue weighted by atomic mass is 10.1. The van der Waals surface area contributed by atoms with Gasteiger partial charge in [-0.1, -0.05) is 53.5 Å². The Morgan fingerprint density at radius 3 is 2.29 bits per heavy atom. The Hall–Kier alpha value is -1.55. The molecule has 1 amide bonds. The number of nitrogens with one attached hydrogen (secondary N) is 1. The molecule has 0 aromatic heterocycles. The zero-order valence-electron chi connectivity index (χ0n) is 11.2. The predicted octanol–water partition coefficient (Wildman–Crippen LogP) is 3.33. The first-order valence-corrected chi connectivity index (χ1v) is 7.26. The molecule has 1 atom stereocenters. The summed E-state index contributed by atoms with van der Waals surface area (Å²) in [4.78, 5) is 12.2. The van der Waals surface area contributed by atoms with E-state index >= 15 is 0 Å². The molecule has 1 unspecified atom stereocenters. The molecule has 2 aromatic carbocycles. The van der Waals surface area contributed by atoms with Crippen molar-refractivity contribution in [2.24, 2.45) is 0 Å². The minimum atomic E-state index is -0.363. The molecule has 5 heteroatoms. The van der Waals surface area contributed by atoms with Crippen LogP contribution in [0.3, 0.4) is 0 Å². The van der Waals surface area contributed by atoms with E-state index in [2.05, 4.69) is 5.32 Å². The summed E-state index contributed by atoms with van der Waals surface area (Å²) >= 11 is 11.8. The van der Waals surface area contributed by atoms with Crippen LogP contribution in [0.15, 0.2) is 48.5 Å². The molecule has 0 spiro atoms. The predicted molar refractivity (Wildman–Crippen MR) is 84.9 cm³/mol. The Labute approximate surface area is 133 Å². The van der Waals surface area contributed by atoms with Crippen LogP contribution < -0.4 is 5.32 Å². The van der Waals surface area contributed by atoms with Crippen molar-refractivity contribution in [3.8, 4) is 0 Å². The third-order valence-corrected chi connectivity index (χ3v) is 3.44. The molecule has 3 nitrogen and oxygen atoms in total. The smallest absolute Gasteiger partial charge is 0.251 e. The van der Waals surface area contributed by atoms with Gasteiger partial charge in [-0.25, -0.2) is 0 Å². The van der Waals surface area contributed by atoms with Gasteiger partial charge < -0.3 is 10.4 Å². The second kappa shape index (κ2) is 7.46. The highest BCUT2D eigenvalue weighted by atomic mass is 35.5. The van der Waals surface area contributed by atoms with Gasteiger partial charge in [0.2, 0.25) is 0 Å². The van der Waals surface area contributed by atoms with Crippen molar-refractivity contribution in [1.82, 2.24) is 5.32 Å². The molecule has 0 radical (unpaired) electrons. The summed E-state index contributed by atoms with van der Waals surface area (Å²) in [5.41, 5.74) is 1.42. The Balaban J connectivity index is 2.05. The van der Waals surface area contributed by atoms with E-state index < -0.39 is 0 Å². The van der Waals surface area contributed by atoms with E-state index in [9.17, 15) is 9.90 Å². The van der Waals surface area contributed by atoms with Gasteiger partial charge in [0.25, 0.3) is 5.91 Å². The first-order valence-electron chi connectivity index (χ1n) is 6.50. The van der Waals surface area contributed by atoms with Crippen molar-refractivity contribution in [3.63, 3.8) is 0 Å². The van der Waals surface area contributed by atoms with Crippen LogP contribution in [-0.4, -0.2) is 23.7 Å². The quantitative estimate of drug-likeness (QED) is 0.886. The molecule has 2 aromatic rings. The number of aliphatic hydroxyl groups is 1. The van der Waals surface area contributed by atoms with Crippen LogP contribution in [0.4, 0.5) is 0 Å². The third-order valence-electron chi connectivity index (χ3n) is 3.01. The van der Waals surface area contributed by atoms with Crippen molar-refractivity contribution in [1.29, 1.82) is 0 Å². The number of aliphatic hydroxyl groups excluding tert-OH is 1. The van der Waals surface area contributed by atoms with E-state index in [0.717, 1.165) is 5.56 Å². The van der Waals surface area contributed by atoms with Gasteiger partial charge in [-0.3, -0.25) is 4.79 Å². The second-order valence-electron chi connectivity index (χ2n) is 4.70. The number of hydrogen-bond donors (Lipinski definition) is 2. The van der Waals surface area contributed by atoms with Gasteiger partial charge in [-0.05, 0) is 30.2 Å². The highest BCUT2D eigenvalue weighted by Gasteiger charge is 2.14. The second-order valence-corrected chi connectivity index (χ2v) is 5.57. The maximum atomic E-state index is 12.2. The highest BCUT2D eigenvalue weighted by Crippen LogP contribution is 2.19. The number of benzene rings is 2. The average molecular weight is 324 g/mol. The molecule has 0 heterocycles. The van der Waals surface area contributed by atoms with Gasteiger partial charge in [0.15, 0.2) is 0 Å². The fourth-order valence-corrected chi connectivity index (χ4v) is 2.54. The standard InChI is InChI=1S/C16H15Cl2NO2/c17-13-7-12(8-14(18)9-13)16(21)19-15(10-20)6-11-4-2-1-3-5-11/h1-5,7-9,15,20H,6,10H2,(H,19,21). The van der Waals surface area contributed by atoms with Crippen molar-refractivity contribution >= 4 is 29.1 Å². The zero-order chi connectivity index (χ0) is 15.2. The fourth-order valence-electron chi connectivity index (χ4n) is 2.01. The summed E-state index contributed by atoms with van der Waals surface area (Å²) in [7, 11) is 0. The van der Waals surface area contributed by atoms with E-state index in [0.29, 0.717) is 22.0 Å². The molecule has 21 heavy (non-hydrogen) atoms. The Morgan fingerprint density at radius 1 is 1.10 bits per heavy atom. The molecular weight excluding hydrogens is 309 g/mol. The van der Waals surface area contributed by atoms with E-state index in [1.165, 1.54) is 0 Å². The molecule has 2 N–H and O–H groups in total. The Bertz CT molecular complexity index is 597. The molecule has 0 saturated carbocycles. The number of rotatable bonds is 5. The van der Waals surface area contributed by atoms with Crippen LogP contribution in [0.25, 0.3) is 0 Å². The van der Waals surface area contributed by atoms with Crippen LogP contribution in [-0.2, 0) is 6.42 Å². The fraction of sp³-hybridized carbons (Fsp3) is 0.188. The topological polar surface area (TPSA) is 49.3 Å². The van der Waals surface area contributed by atoms with Gasteiger partial charge in [0.05, 0.1) is 12.6 Å². The molecule has 0 aliphatic heterocycles. The van der Waals surface area contributed by atoms with Gasteiger partial charge in [0, 0.05) is 15.6 Å². The maximum Gasteiger partial charge on any atom is 0.251 e. The lowest BCUT2D eigenvalue weighted by Gasteiger charge is -2.16. The van der Waals surface area contributed by atoms with Crippen LogP contribution in [0, 0.1) is 0 Å². The lowest BCUT2D eigenvalue weighted by Crippen LogP contribution is -2.39. The number of amides is 1. The summed E-state index contributed by atoms with van der Waals surface area (Å²) in [6.45, 7) is -0.144. The number of hydrogen-bond acceptors (Lipinski definition) is 2. The SMILES string of the molecule is O=C(NC(CO)Cc1ccccc1)c1cc(Cl)cc(Cl)c1. The van der Waals surface area contributed by atoms with Gasteiger partial charge in [0.1, 0.15) is 0 Å². The van der Waals surface area contributed by atoms with E-state index in [1.54, 1.807) is 18.2 Å². The number of halogens is 2. The van der Waals surface area contributed by atoms with Crippen molar-refractivity contribution in [2.45, 2.75) is 12.5 Å². The summed E-state index contributed by atoms with van der Waals surface area (Å²) in [6.07, 6.45) is 0.553. The third kappa shape index (κ3) is 4.74. The van der Waals surface area contributed by atoms with E-state index in [1.807, 2.05) is 30.3 Å². The Kier molecular flexibility index (Phi) is 5.62. The normalized spacial score (nSPS) is 12.0. The summed E-state index contributed by atoms with van der Waals surface area (Å²) in [5, 5.41) is 13.0. The van der Waals surface area contributed by atoms with Gasteiger partial charge >= 0.3 is 0 Å². The average Bonchev–Trinajstić information content (AvgIpc) is 2.46.